The number of nitrogens with zero attached hydrogens (tertiary/aromatic N) is 1. The predicted molar refractivity (Wildman–Crippen MR) is 153 cm³/mol. The Balaban J connectivity index is 1.66. The predicted octanol–water partition coefficient (Wildman–Crippen LogP) is 3.34. The van der Waals surface area contributed by atoms with Gasteiger partial charge in [0.15, 0.2) is 0 Å². The lowest BCUT2D eigenvalue weighted by Crippen LogP contribution is -2.57. The molecule has 10 nitrogen and oxygen atoms in total. The smallest absolute Gasteiger partial charge is 0.328 e. The highest BCUT2D eigenvalue weighted by Gasteiger charge is 2.35. The zero-order chi connectivity index (χ0) is 29.2. The number of nitrogens with one attached hydrogen (secondary N) is 2. The third kappa shape index (κ3) is 8.36. The van der Waals surface area contributed by atoms with Crippen molar-refractivity contribution in [3.05, 3.63) is 63.6 Å². The van der Waals surface area contributed by atoms with Crippen molar-refractivity contribution in [3.8, 4) is 0 Å². The molecule has 1 saturated heterocycles. The van der Waals surface area contributed by atoms with Gasteiger partial charge >= 0.3 is 11.9 Å². The van der Waals surface area contributed by atoms with E-state index in [9.17, 15) is 24.0 Å². The number of rotatable bonds is 10. The summed E-state index contributed by atoms with van der Waals surface area (Å²) in [5.41, 5.74) is 1.32. The van der Waals surface area contributed by atoms with Crippen LogP contribution in [0.2, 0.25) is 10.0 Å². The zero-order valence-corrected chi connectivity index (χ0v) is 24.2. The van der Waals surface area contributed by atoms with Crippen molar-refractivity contribution in [1.82, 2.24) is 10.2 Å². The number of ether oxygens (including phenoxy) is 2. The van der Waals surface area contributed by atoms with Gasteiger partial charge in [0.1, 0.15) is 12.1 Å². The molecule has 2 atom stereocenters. The molecule has 2 N–H and O–H groups in total. The zero-order valence-electron chi connectivity index (χ0n) is 21.9. The van der Waals surface area contributed by atoms with Crippen LogP contribution in [-0.4, -0.2) is 78.9 Å². The van der Waals surface area contributed by atoms with Gasteiger partial charge in [0.2, 0.25) is 11.8 Å². The Bertz CT molecular complexity index is 1240. The highest BCUT2D eigenvalue weighted by atomic mass is 35.5. The van der Waals surface area contributed by atoms with Gasteiger partial charge in [0.05, 0.1) is 36.2 Å². The number of anilines is 1. The summed E-state index contributed by atoms with van der Waals surface area (Å²) in [5, 5.41) is 5.89. The molecule has 0 saturated carbocycles. The van der Waals surface area contributed by atoms with E-state index in [0.29, 0.717) is 29.3 Å². The Morgan fingerprint density at radius 1 is 1.00 bits per heavy atom. The summed E-state index contributed by atoms with van der Waals surface area (Å²) in [4.78, 5) is 64.0. The lowest BCUT2D eigenvalue weighted by atomic mass is 10.0. The van der Waals surface area contributed by atoms with Crippen molar-refractivity contribution in [2.45, 2.75) is 31.3 Å². The molecule has 0 spiro atoms. The number of esters is 2. The maximum Gasteiger partial charge on any atom is 0.328 e. The summed E-state index contributed by atoms with van der Waals surface area (Å²) in [5.74, 6) is -1.45. The number of hydrogen-bond donors (Lipinski definition) is 2. The fourth-order valence-corrected chi connectivity index (χ4v) is 5.66. The van der Waals surface area contributed by atoms with Crippen molar-refractivity contribution in [1.29, 1.82) is 0 Å². The second kappa shape index (κ2) is 14.9. The molecule has 1 heterocycles. The van der Waals surface area contributed by atoms with Crippen LogP contribution in [0.4, 0.5) is 5.69 Å². The topological polar surface area (TPSA) is 131 Å². The fraction of sp³-hybridized carbons (Fsp3) is 0.370. The van der Waals surface area contributed by atoms with Crippen LogP contribution in [0, 0.1) is 0 Å². The third-order valence-electron chi connectivity index (χ3n) is 6.17. The number of hydrogen-bond acceptors (Lipinski definition) is 8. The molecule has 1 aliphatic rings. The average Bonchev–Trinajstić information content (AvgIpc) is 2.95. The average molecular weight is 611 g/mol. The van der Waals surface area contributed by atoms with E-state index in [0.717, 1.165) is 0 Å². The molecule has 0 radical (unpaired) electrons. The molecule has 1 aliphatic heterocycles. The van der Waals surface area contributed by atoms with Crippen LogP contribution in [0.15, 0.2) is 42.5 Å². The molecular formula is C27H29Cl2N3O7S. The van der Waals surface area contributed by atoms with Gasteiger partial charge < -0.3 is 25.0 Å². The Kier molecular flexibility index (Phi) is 11.7. The molecule has 0 aromatic heterocycles. The quantitative estimate of drug-likeness (QED) is 0.392. The van der Waals surface area contributed by atoms with Crippen LogP contribution in [0.5, 0.6) is 0 Å². The van der Waals surface area contributed by atoms with Crippen LogP contribution >= 0.6 is 35.0 Å². The van der Waals surface area contributed by atoms with Crippen LogP contribution in [-0.2, 0) is 35.1 Å². The van der Waals surface area contributed by atoms with Crippen molar-refractivity contribution in [3.63, 3.8) is 0 Å². The SMILES string of the molecule is COC(=O)CCC(=O)N1CCSCC1C(=O)N[C@@H](Cc1ccc(NC(=O)c2c(Cl)cccc2Cl)cc1)C(=O)OC. The minimum Gasteiger partial charge on any atom is -0.469 e. The Morgan fingerprint density at radius 2 is 1.68 bits per heavy atom. The Hall–Kier alpha value is -3.28. The van der Waals surface area contributed by atoms with Gasteiger partial charge in [-0.25, -0.2) is 4.79 Å². The summed E-state index contributed by atoms with van der Waals surface area (Å²) in [7, 11) is 2.47. The first-order valence-electron chi connectivity index (χ1n) is 12.3. The molecule has 3 rings (SSSR count). The molecule has 2 aromatic carbocycles. The first-order valence-corrected chi connectivity index (χ1v) is 14.2. The highest BCUT2D eigenvalue weighted by Crippen LogP contribution is 2.25. The molecule has 1 unspecified atom stereocenters. The Morgan fingerprint density at radius 3 is 2.30 bits per heavy atom. The lowest BCUT2D eigenvalue weighted by Gasteiger charge is -2.35. The molecule has 13 heteroatoms. The van der Waals surface area contributed by atoms with Gasteiger partial charge in [-0.1, -0.05) is 41.4 Å². The third-order valence-corrected chi connectivity index (χ3v) is 7.82. The molecule has 0 bridgehead atoms. The van der Waals surface area contributed by atoms with Crippen molar-refractivity contribution >= 4 is 70.3 Å². The van der Waals surface area contributed by atoms with Gasteiger partial charge in [0.25, 0.3) is 5.91 Å². The summed E-state index contributed by atoms with van der Waals surface area (Å²) >= 11 is 13.7. The van der Waals surface area contributed by atoms with E-state index in [1.165, 1.54) is 30.9 Å². The van der Waals surface area contributed by atoms with Gasteiger partial charge in [0, 0.05) is 36.6 Å². The molecule has 0 aliphatic carbocycles. The van der Waals surface area contributed by atoms with Crippen LogP contribution in [0.25, 0.3) is 0 Å². The van der Waals surface area contributed by atoms with E-state index >= 15 is 0 Å². The molecule has 2 aromatic rings. The Labute approximate surface area is 246 Å². The van der Waals surface area contributed by atoms with Crippen molar-refractivity contribution < 1.29 is 33.4 Å². The van der Waals surface area contributed by atoms with Crippen molar-refractivity contribution in [2.75, 3.05) is 37.6 Å². The highest BCUT2D eigenvalue weighted by molar-refractivity contribution is 7.99. The fourth-order valence-electron chi connectivity index (χ4n) is 4.05. The van der Waals surface area contributed by atoms with Crippen LogP contribution in [0.1, 0.15) is 28.8 Å². The van der Waals surface area contributed by atoms with E-state index < -0.39 is 35.8 Å². The van der Waals surface area contributed by atoms with Crippen LogP contribution < -0.4 is 10.6 Å². The van der Waals surface area contributed by atoms with Gasteiger partial charge in [-0.15, -0.1) is 0 Å². The van der Waals surface area contributed by atoms with Gasteiger partial charge in [-0.2, -0.15) is 11.8 Å². The van der Waals surface area contributed by atoms with E-state index in [-0.39, 0.29) is 40.8 Å². The van der Waals surface area contributed by atoms with Crippen molar-refractivity contribution in [2.24, 2.45) is 0 Å². The monoisotopic (exact) mass is 609 g/mol. The number of benzene rings is 2. The van der Waals surface area contributed by atoms with E-state index in [1.807, 2.05) is 0 Å². The maximum absolute atomic E-state index is 13.2. The van der Waals surface area contributed by atoms with Crippen LogP contribution in [0.3, 0.4) is 0 Å². The van der Waals surface area contributed by atoms with Gasteiger partial charge in [-0.3, -0.25) is 19.2 Å². The number of carbonyl (C=O) groups is 5. The minimum absolute atomic E-state index is 0.0763. The largest absolute Gasteiger partial charge is 0.469 e. The van der Waals surface area contributed by atoms with E-state index in [4.69, 9.17) is 27.9 Å². The maximum atomic E-state index is 13.2. The first-order chi connectivity index (χ1) is 19.1. The molecule has 3 amide bonds. The summed E-state index contributed by atoms with van der Waals surface area (Å²) in [6.45, 7) is 0.345. The normalized spacial score (nSPS) is 15.5. The number of halogens is 2. The molecular weight excluding hydrogens is 581 g/mol. The first kappa shape index (κ1) is 31.3. The van der Waals surface area contributed by atoms with E-state index in [1.54, 1.807) is 42.5 Å². The number of methoxy groups -OCH3 is 2. The molecule has 214 valence electrons. The second-order valence-electron chi connectivity index (χ2n) is 8.79. The number of amides is 3. The van der Waals surface area contributed by atoms with Gasteiger partial charge in [-0.05, 0) is 29.8 Å². The standard InChI is InChI=1S/C27H29Cl2N3O7S/c1-38-23(34)11-10-22(33)32-12-13-40-15-21(32)25(35)31-20(27(37)39-2)14-16-6-8-17(9-7-16)30-26(36)24-18(28)4-3-5-19(24)29/h3-9,20-21H,10-15H2,1-2H3,(H,30,36)(H,31,35)/t20-,21?/m0/s1. The molecule has 1 fully saturated rings. The summed E-state index contributed by atoms with van der Waals surface area (Å²) in [6.07, 6.45) is -0.0494. The number of carbonyl (C=O) groups excluding carboxylic acids is 5. The second-order valence-corrected chi connectivity index (χ2v) is 10.8. The number of thioether (sulfide) groups is 1. The minimum atomic E-state index is -1.01. The molecule has 40 heavy (non-hydrogen) atoms. The lowest BCUT2D eigenvalue weighted by molar-refractivity contribution is -0.147. The van der Waals surface area contributed by atoms with E-state index in [2.05, 4.69) is 15.4 Å². The summed E-state index contributed by atoms with van der Waals surface area (Å²) in [6, 6.07) is 9.65. The summed E-state index contributed by atoms with van der Waals surface area (Å²) < 4.78 is 9.49.